The summed E-state index contributed by atoms with van der Waals surface area (Å²) >= 11 is 7.79. The van der Waals surface area contributed by atoms with Crippen LogP contribution in [-0.2, 0) is 16.6 Å². The monoisotopic (exact) mass is 536 g/mol. The Morgan fingerprint density at radius 3 is 2.28 bits per heavy atom. The number of halogens is 1. The first-order valence-electron chi connectivity index (χ1n) is 11.2. The number of aryl methyl sites for hydroxylation is 1. The zero-order valence-corrected chi connectivity index (χ0v) is 22.2. The van der Waals surface area contributed by atoms with Crippen LogP contribution in [0.15, 0.2) is 107 Å². The van der Waals surface area contributed by atoms with Crippen molar-refractivity contribution < 1.29 is 13.2 Å². The second-order valence-electron chi connectivity index (χ2n) is 8.11. The minimum absolute atomic E-state index is 0.0790. The Kier molecular flexibility index (Phi) is 8.04. The average Bonchev–Trinajstić information content (AvgIpc) is 2.90. The molecular weight excluding hydrogens is 512 g/mol. The second kappa shape index (κ2) is 11.2. The second-order valence-corrected chi connectivity index (χ2v) is 11.3. The molecule has 0 bridgehead atoms. The number of hydrogen-bond donors (Lipinski definition) is 1. The molecule has 0 saturated carbocycles. The Morgan fingerprint density at radius 2 is 1.58 bits per heavy atom. The Balaban J connectivity index is 1.63. The molecule has 0 heterocycles. The van der Waals surface area contributed by atoms with Crippen LogP contribution in [0.1, 0.15) is 21.5 Å². The largest absolute Gasteiger partial charge is 0.321 e. The third-order valence-electron chi connectivity index (χ3n) is 5.67. The highest BCUT2D eigenvalue weighted by atomic mass is 35.5. The lowest BCUT2D eigenvalue weighted by Gasteiger charge is -2.26. The number of carbonyl (C=O) groups excluding carboxylic acids is 1. The third kappa shape index (κ3) is 5.75. The van der Waals surface area contributed by atoms with Gasteiger partial charge in [-0.2, -0.15) is 0 Å². The van der Waals surface area contributed by atoms with Gasteiger partial charge in [-0.1, -0.05) is 60.1 Å². The minimum atomic E-state index is -3.87. The van der Waals surface area contributed by atoms with Gasteiger partial charge in [0.05, 0.1) is 22.8 Å². The van der Waals surface area contributed by atoms with Crippen LogP contribution >= 0.6 is 23.4 Å². The van der Waals surface area contributed by atoms with Gasteiger partial charge in [0.2, 0.25) is 0 Å². The lowest BCUT2D eigenvalue weighted by molar-refractivity contribution is 0.102. The van der Waals surface area contributed by atoms with Crippen LogP contribution in [0.25, 0.3) is 0 Å². The molecule has 0 radical (unpaired) electrons. The summed E-state index contributed by atoms with van der Waals surface area (Å²) in [5.41, 5.74) is 3.24. The fourth-order valence-corrected chi connectivity index (χ4v) is 5.99. The molecule has 0 fully saturated rings. The quantitative estimate of drug-likeness (QED) is 0.246. The van der Waals surface area contributed by atoms with Gasteiger partial charge in [-0.15, -0.1) is 11.8 Å². The van der Waals surface area contributed by atoms with Gasteiger partial charge in [0, 0.05) is 15.5 Å². The van der Waals surface area contributed by atoms with E-state index in [4.69, 9.17) is 11.6 Å². The highest BCUT2D eigenvalue weighted by Gasteiger charge is 2.26. The fourth-order valence-electron chi connectivity index (χ4n) is 3.74. The van der Waals surface area contributed by atoms with Gasteiger partial charge in [0.1, 0.15) is 0 Å². The summed E-state index contributed by atoms with van der Waals surface area (Å²) in [6.45, 7) is 1.93. The molecule has 0 aliphatic heterocycles. The van der Waals surface area contributed by atoms with Crippen LogP contribution in [0.2, 0.25) is 5.02 Å². The number of nitrogens with one attached hydrogen (secondary N) is 1. The maximum Gasteiger partial charge on any atom is 0.264 e. The molecule has 36 heavy (non-hydrogen) atoms. The molecule has 0 unspecified atom stereocenters. The van der Waals surface area contributed by atoms with Crippen molar-refractivity contribution in [3.8, 4) is 0 Å². The summed E-state index contributed by atoms with van der Waals surface area (Å²) in [5, 5.41) is 3.39. The summed E-state index contributed by atoms with van der Waals surface area (Å²) in [6.07, 6.45) is 1.96. The maximum atomic E-state index is 13.7. The molecule has 0 aliphatic rings. The van der Waals surface area contributed by atoms with Gasteiger partial charge in [-0.3, -0.25) is 9.10 Å². The first-order chi connectivity index (χ1) is 17.3. The van der Waals surface area contributed by atoms with Crippen molar-refractivity contribution in [2.24, 2.45) is 0 Å². The smallest absolute Gasteiger partial charge is 0.264 e. The van der Waals surface area contributed by atoms with Crippen LogP contribution < -0.4 is 9.62 Å². The highest BCUT2D eigenvalue weighted by Crippen LogP contribution is 2.31. The zero-order chi connectivity index (χ0) is 25.7. The van der Waals surface area contributed by atoms with Crippen molar-refractivity contribution in [2.75, 3.05) is 15.9 Å². The van der Waals surface area contributed by atoms with Crippen molar-refractivity contribution in [1.29, 1.82) is 0 Å². The van der Waals surface area contributed by atoms with E-state index >= 15 is 0 Å². The zero-order valence-electron chi connectivity index (χ0n) is 19.8. The molecule has 0 atom stereocenters. The number of nitrogens with zero attached hydrogens (tertiary/aromatic N) is 1. The van der Waals surface area contributed by atoms with Crippen LogP contribution in [0, 0.1) is 6.92 Å². The van der Waals surface area contributed by atoms with Crippen molar-refractivity contribution in [3.05, 3.63) is 119 Å². The molecule has 1 amide bonds. The van der Waals surface area contributed by atoms with Gasteiger partial charge in [0.25, 0.3) is 15.9 Å². The van der Waals surface area contributed by atoms with E-state index in [1.807, 2.05) is 37.4 Å². The summed E-state index contributed by atoms with van der Waals surface area (Å²) in [5.74, 6) is -0.234. The van der Waals surface area contributed by atoms with E-state index in [0.29, 0.717) is 16.3 Å². The van der Waals surface area contributed by atoms with Gasteiger partial charge in [0.15, 0.2) is 0 Å². The summed E-state index contributed by atoms with van der Waals surface area (Å²) < 4.78 is 28.7. The van der Waals surface area contributed by atoms with Gasteiger partial charge in [-0.25, -0.2) is 8.42 Å². The average molecular weight is 537 g/mol. The van der Waals surface area contributed by atoms with Crippen LogP contribution in [0.4, 0.5) is 11.4 Å². The number of carbonyl (C=O) groups is 1. The summed E-state index contributed by atoms with van der Waals surface area (Å²) in [4.78, 5) is 14.0. The van der Waals surface area contributed by atoms with E-state index in [2.05, 4.69) is 5.32 Å². The predicted molar refractivity (Wildman–Crippen MR) is 149 cm³/mol. The molecule has 0 spiro atoms. The van der Waals surface area contributed by atoms with Crippen molar-refractivity contribution >= 4 is 50.7 Å². The van der Waals surface area contributed by atoms with Crippen LogP contribution in [0.5, 0.6) is 0 Å². The molecule has 4 rings (SSSR count). The Morgan fingerprint density at radius 1 is 0.917 bits per heavy atom. The van der Waals surface area contributed by atoms with Crippen molar-refractivity contribution in [2.45, 2.75) is 23.3 Å². The van der Waals surface area contributed by atoms with Gasteiger partial charge in [-0.05, 0) is 72.8 Å². The molecule has 4 aromatic carbocycles. The Labute approximate surface area is 221 Å². The number of benzene rings is 4. The highest BCUT2D eigenvalue weighted by molar-refractivity contribution is 7.98. The standard InChI is InChI=1S/C28H25ClN2O3S2/c1-20-12-17-23(29)18-26(20)31(36(33,34)24-8-4-3-5-9-24)19-21-13-15-22(16-14-21)28(32)30-25-10-6-7-11-27(25)35-2/h3-18H,19H2,1-2H3,(H,30,32). The topological polar surface area (TPSA) is 66.5 Å². The number of thioether (sulfide) groups is 1. The first-order valence-corrected chi connectivity index (χ1v) is 14.2. The van der Waals surface area contributed by atoms with Crippen LogP contribution in [-0.4, -0.2) is 20.6 Å². The molecule has 0 saturated heterocycles. The molecule has 4 aromatic rings. The molecule has 184 valence electrons. The van der Waals surface area contributed by atoms with Crippen molar-refractivity contribution in [3.63, 3.8) is 0 Å². The van der Waals surface area contributed by atoms with E-state index in [-0.39, 0.29) is 17.3 Å². The fraction of sp³-hybridized carbons (Fsp3) is 0.107. The minimum Gasteiger partial charge on any atom is -0.321 e. The lowest BCUT2D eigenvalue weighted by atomic mass is 10.1. The Hall–Kier alpha value is -3.26. The maximum absolute atomic E-state index is 13.7. The molecule has 0 aliphatic carbocycles. The van der Waals surface area contributed by atoms with Crippen molar-refractivity contribution in [1.82, 2.24) is 0 Å². The molecule has 1 N–H and O–H groups in total. The molecule has 5 nitrogen and oxygen atoms in total. The normalized spacial score (nSPS) is 11.2. The van der Waals surface area contributed by atoms with Gasteiger partial charge >= 0.3 is 0 Å². The molecular formula is C28H25ClN2O3S2. The van der Waals surface area contributed by atoms with E-state index < -0.39 is 10.0 Å². The summed E-state index contributed by atoms with van der Waals surface area (Å²) in [7, 11) is -3.87. The predicted octanol–water partition coefficient (Wildman–Crippen LogP) is 7.02. The number of hydrogen-bond acceptors (Lipinski definition) is 4. The van der Waals surface area contributed by atoms with Gasteiger partial charge < -0.3 is 5.32 Å². The summed E-state index contributed by atoms with van der Waals surface area (Å²) in [6, 6.07) is 28.0. The Bertz CT molecular complexity index is 1470. The molecule has 0 aromatic heterocycles. The van der Waals surface area contributed by atoms with E-state index in [0.717, 1.165) is 21.7 Å². The number of amides is 1. The van der Waals surface area contributed by atoms with Crippen LogP contribution in [0.3, 0.4) is 0 Å². The van der Waals surface area contributed by atoms with E-state index in [9.17, 15) is 13.2 Å². The SMILES string of the molecule is CSc1ccccc1NC(=O)c1ccc(CN(c2cc(Cl)ccc2C)S(=O)(=O)c2ccccc2)cc1. The van der Waals surface area contributed by atoms with E-state index in [1.165, 1.54) is 4.31 Å². The first kappa shape index (κ1) is 25.8. The number of rotatable bonds is 8. The van der Waals surface area contributed by atoms with E-state index in [1.54, 1.807) is 84.6 Å². The number of para-hydroxylation sites is 1. The number of sulfonamides is 1. The molecule has 8 heteroatoms. The number of anilines is 2. The lowest BCUT2D eigenvalue weighted by Crippen LogP contribution is -2.31. The third-order valence-corrected chi connectivity index (χ3v) is 8.47.